The van der Waals surface area contributed by atoms with Gasteiger partial charge in [0.1, 0.15) is 0 Å². The first kappa shape index (κ1) is 16.6. The third-order valence-corrected chi connectivity index (χ3v) is 4.45. The van der Waals surface area contributed by atoms with Gasteiger partial charge in [-0.15, -0.1) is 0 Å². The second-order valence-corrected chi connectivity index (χ2v) is 7.51. The summed E-state index contributed by atoms with van der Waals surface area (Å²) in [4.78, 5) is 16.0. The van der Waals surface area contributed by atoms with Crippen LogP contribution in [0.3, 0.4) is 0 Å². The van der Waals surface area contributed by atoms with Crippen LogP contribution in [0.15, 0.2) is 42.5 Å². The van der Waals surface area contributed by atoms with E-state index in [4.69, 9.17) is 5.73 Å². The van der Waals surface area contributed by atoms with E-state index in [0.29, 0.717) is 0 Å². The molecule has 116 valence electrons. The topological polar surface area (TPSA) is 56.0 Å². The first-order valence-corrected chi connectivity index (χ1v) is 8.15. The Hall–Kier alpha value is -1.81. The van der Waals surface area contributed by atoms with Crippen LogP contribution in [0.2, 0.25) is 0 Å². The van der Waals surface area contributed by atoms with Crippen molar-refractivity contribution in [2.24, 2.45) is 5.73 Å². The molecule has 0 saturated carbocycles. The number of thioether (sulfide) groups is 1. The molecule has 0 spiro atoms. The molecule has 0 bridgehead atoms. The predicted octanol–water partition coefficient (Wildman–Crippen LogP) is 4.59. The van der Waals surface area contributed by atoms with E-state index in [-0.39, 0.29) is 10.7 Å². The van der Waals surface area contributed by atoms with Crippen molar-refractivity contribution in [3.05, 3.63) is 65.0 Å². The Kier molecular flexibility index (Phi) is 4.91. The zero-order valence-corrected chi connectivity index (χ0v) is 14.3. The second kappa shape index (κ2) is 6.53. The normalized spacial score (nSPS) is 12.9. The molecule has 2 rings (SSSR count). The first-order chi connectivity index (χ1) is 10.3. The molecule has 1 atom stereocenters. The highest BCUT2D eigenvalue weighted by molar-refractivity contribution is 8.13. The number of aromatic nitrogens is 1. The number of rotatable bonds is 3. The van der Waals surface area contributed by atoms with Crippen LogP contribution in [-0.4, -0.2) is 10.2 Å². The maximum absolute atomic E-state index is 11.5. The number of hydrogen-bond donors (Lipinski definition) is 1. The van der Waals surface area contributed by atoms with Gasteiger partial charge in [0.25, 0.3) is 5.24 Å². The number of benzene rings is 1. The van der Waals surface area contributed by atoms with Gasteiger partial charge in [-0.05, 0) is 35.6 Å². The largest absolute Gasteiger partial charge is 0.360 e. The van der Waals surface area contributed by atoms with Crippen LogP contribution in [0.25, 0.3) is 0 Å². The van der Waals surface area contributed by atoms with Gasteiger partial charge in [-0.2, -0.15) is 0 Å². The van der Waals surface area contributed by atoms with E-state index in [0.717, 1.165) is 28.7 Å². The number of nitrogens with zero attached hydrogens (tertiary/aromatic N) is 1. The van der Waals surface area contributed by atoms with Crippen LogP contribution in [-0.2, 0) is 5.41 Å². The van der Waals surface area contributed by atoms with Gasteiger partial charge in [0, 0.05) is 5.69 Å². The molecule has 22 heavy (non-hydrogen) atoms. The van der Waals surface area contributed by atoms with Gasteiger partial charge in [-0.25, -0.2) is 0 Å². The van der Waals surface area contributed by atoms with Gasteiger partial charge in [-0.1, -0.05) is 62.9 Å². The van der Waals surface area contributed by atoms with Crippen molar-refractivity contribution in [2.75, 3.05) is 0 Å². The summed E-state index contributed by atoms with van der Waals surface area (Å²) in [7, 11) is 0. The minimum absolute atomic E-state index is 0.0536. The second-order valence-electron chi connectivity index (χ2n) is 6.40. The van der Waals surface area contributed by atoms with Crippen LogP contribution in [0.4, 0.5) is 4.79 Å². The Morgan fingerprint density at radius 3 is 2.45 bits per heavy atom. The molecule has 1 heterocycles. The van der Waals surface area contributed by atoms with Gasteiger partial charge in [-0.3, -0.25) is 9.78 Å². The molecule has 1 aromatic carbocycles. The van der Waals surface area contributed by atoms with Gasteiger partial charge in [0.05, 0.1) is 10.9 Å². The van der Waals surface area contributed by atoms with Crippen molar-refractivity contribution < 1.29 is 4.79 Å². The molecular weight excluding hydrogens is 292 g/mol. The number of primary amides is 1. The Balaban J connectivity index is 2.48. The molecule has 1 amide bonds. The molecule has 1 aromatic heterocycles. The fourth-order valence-electron chi connectivity index (χ4n) is 2.29. The molecule has 4 heteroatoms. The number of nitrogens with two attached hydrogens (primary N) is 1. The maximum Gasteiger partial charge on any atom is 0.277 e. The van der Waals surface area contributed by atoms with Gasteiger partial charge >= 0.3 is 0 Å². The van der Waals surface area contributed by atoms with Gasteiger partial charge < -0.3 is 5.73 Å². The van der Waals surface area contributed by atoms with Crippen molar-refractivity contribution in [1.29, 1.82) is 0 Å². The van der Waals surface area contributed by atoms with Crippen molar-refractivity contribution in [2.45, 2.75) is 38.4 Å². The molecule has 0 radical (unpaired) electrons. The highest BCUT2D eigenvalue weighted by Crippen LogP contribution is 2.36. The van der Waals surface area contributed by atoms with E-state index in [2.05, 4.69) is 37.9 Å². The lowest BCUT2D eigenvalue weighted by molar-refractivity contribution is 0.267. The van der Waals surface area contributed by atoms with E-state index in [1.165, 1.54) is 5.56 Å². The third-order valence-electron chi connectivity index (χ3n) is 3.47. The summed E-state index contributed by atoms with van der Waals surface area (Å²) in [6.45, 7) is 8.47. The fraction of sp³-hybridized carbons (Fsp3) is 0.333. The summed E-state index contributed by atoms with van der Waals surface area (Å²) in [6, 6.07) is 14.2. The predicted molar refractivity (Wildman–Crippen MR) is 93.1 cm³/mol. The quantitative estimate of drug-likeness (QED) is 0.901. The van der Waals surface area contributed by atoms with E-state index in [9.17, 15) is 4.79 Å². The van der Waals surface area contributed by atoms with Crippen molar-refractivity contribution in [3.63, 3.8) is 0 Å². The van der Waals surface area contributed by atoms with Crippen molar-refractivity contribution in [3.8, 4) is 0 Å². The molecule has 2 N–H and O–H groups in total. The number of aryl methyl sites for hydroxylation is 1. The average molecular weight is 314 g/mol. The number of carbonyl (C=O) groups excluding carboxylic acids is 1. The first-order valence-electron chi connectivity index (χ1n) is 7.27. The van der Waals surface area contributed by atoms with Crippen LogP contribution in [0.1, 0.15) is 48.5 Å². The Morgan fingerprint density at radius 2 is 1.86 bits per heavy atom. The Labute approximate surface area is 136 Å². The fourth-order valence-corrected chi connectivity index (χ4v) is 3.06. The number of pyridine rings is 1. The standard InChI is InChI=1S/C18H22N2OS/c1-12-7-5-10-15(20-12)16(22-17(19)21)13-8-6-9-14(11-13)18(2,3)4/h5-11,16H,1-4H3,(H2,19,21). The molecule has 1 unspecified atom stereocenters. The van der Waals surface area contributed by atoms with Crippen LogP contribution < -0.4 is 5.73 Å². The summed E-state index contributed by atoms with van der Waals surface area (Å²) in [6.07, 6.45) is 0. The van der Waals surface area contributed by atoms with Crippen molar-refractivity contribution in [1.82, 2.24) is 4.98 Å². The van der Waals surface area contributed by atoms with Crippen LogP contribution in [0.5, 0.6) is 0 Å². The molecule has 0 aliphatic rings. The monoisotopic (exact) mass is 314 g/mol. The summed E-state index contributed by atoms with van der Waals surface area (Å²) < 4.78 is 0. The SMILES string of the molecule is Cc1cccc(C(SC(N)=O)c2cccc(C(C)(C)C)c2)n1. The molecule has 0 aliphatic carbocycles. The number of carbonyl (C=O) groups is 1. The summed E-state index contributed by atoms with van der Waals surface area (Å²) in [5, 5.41) is -0.575. The van der Waals surface area contributed by atoms with E-state index in [1.54, 1.807) is 0 Å². The van der Waals surface area contributed by atoms with E-state index < -0.39 is 5.24 Å². The van der Waals surface area contributed by atoms with Gasteiger partial charge in [0.15, 0.2) is 0 Å². The molecule has 2 aromatic rings. The zero-order valence-electron chi connectivity index (χ0n) is 13.5. The molecule has 0 fully saturated rings. The minimum Gasteiger partial charge on any atom is -0.360 e. The Bertz CT molecular complexity index is 677. The van der Waals surface area contributed by atoms with Crippen LogP contribution >= 0.6 is 11.8 Å². The van der Waals surface area contributed by atoms with Crippen molar-refractivity contribution >= 4 is 17.0 Å². The lowest BCUT2D eigenvalue weighted by Gasteiger charge is -2.22. The lowest BCUT2D eigenvalue weighted by atomic mass is 9.86. The molecule has 0 aliphatic heterocycles. The van der Waals surface area contributed by atoms with E-state index >= 15 is 0 Å². The average Bonchev–Trinajstić information content (AvgIpc) is 2.44. The smallest absolute Gasteiger partial charge is 0.277 e. The summed E-state index contributed by atoms with van der Waals surface area (Å²) in [5.41, 5.74) is 9.55. The Morgan fingerprint density at radius 1 is 1.18 bits per heavy atom. The molecule has 0 saturated heterocycles. The maximum atomic E-state index is 11.5. The molecule has 3 nitrogen and oxygen atoms in total. The molecular formula is C18H22N2OS. The summed E-state index contributed by atoms with van der Waals surface area (Å²) in [5.74, 6) is 0. The third kappa shape index (κ3) is 4.10. The highest BCUT2D eigenvalue weighted by atomic mass is 32.2. The van der Waals surface area contributed by atoms with Gasteiger partial charge in [0.2, 0.25) is 0 Å². The van der Waals surface area contributed by atoms with E-state index in [1.807, 2.05) is 37.3 Å². The van der Waals surface area contributed by atoms with Crippen LogP contribution in [0, 0.1) is 6.92 Å². The number of amides is 1. The number of hydrogen-bond acceptors (Lipinski definition) is 3. The lowest BCUT2D eigenvalue weighted by Crippen LogP contribution is -2.13. The summed E-state index contributed by atoms with van der Waals surface area (Å²) >= 11 is 1.11. The highest BCUT2D eigenvalue weighted by Gasteiger charge is 2.21. The zero-order chi connectivity index (χ0) is 16.3. The minimum atomic E-state index is -0.394.